The van der Waals surface area contributed by atoms with Crippen LogP contribution in [0.15, 0.2) is 164 Å². The molecule has 6 aromatic rings. The van der Waals surface area contributed by atoms with Crippen LogP contribution in [0.1, 0.15) is 169 Å². The number of nitrogens with two attached hydrogens (primary N) is 2. The van der Waals surface area contributed by atoms with Crippen molar-refractivity contribution in [1.82, 2.24) is 0 Å². The molecule has 0 spiro atoms. The van der Waals surface area contributed by atoms with E-state index in [2.05, 4.69) is 84.7 Å². The molecular formula is C75H105Cl3N8O13S4. The summed E-state index contributed by atoms with van der Waals surface area (Å²) in [5.41, 5.74) is 18.6. The second-order valence-electron chi connectivity index (χ2n) is 28.3. The molecule has 3 saturated carbocycles. The average molecular weight is 1560 g/mol. The van der Waals surface area contributed by atoms with Crippen molar-refractivity contribution in [3.05, 3.63) is 181 Å². The van der Waals surface area contributed by atoms with E-state index in [1.54, 1.807) is 147 Å². The van der Waals surface area contributed by atoms with Gasteiger partial charge in [-0.2, -0.15) is 0 Å². The van der Waals surface area contributed by atoms with Crippen LogP contribution >= 0.6 is 33.9 Å². The number of hydrogen-bond acceptors (Lipinski definition) is 16. The molecular weight excluding hydrogens is 1460 g/mol. The number of nitrogens with one attached hydrogen (secondary N) is 6. The smallest absolute Gasteiger partial charge is 0.412 e. The molecule has 21 nitrogen and oxygen atoms in total. The summed E-state index contributed by atoms with van der Waals surface area (Å²) in [7, 11) is -8.39. The van der Waals surface area contributed by atoms with Crippen molar-refractivity contribution in [2.75, 3.05) is 46.9 Å². The van der Waals surface area contributed by atoms with Crippen LogP contribution in [0.5, 0.6) is 0 Å². The number of allylic oxidation sites excluding steroid dienone is 2. The molecule has 568 valence electrons. The number of alkyl halides is 2. The van der Waals surface area contributed by atoms with Crippen LogP contribution in [0.4, 0.5) is 55.1 Å². The lowest BCUT2D eigenvalue weighted by molar-refractivity contribution is 0.0624. The fourth-order valence-electron chi connectivity index (χ4n) is 11.2. The molecule has 7 unspecified atom stereocenters. The van der Waals surface area contributed by atoms with Crippen molar-refractivity contribution in [3.63, 3.8) is 0 Å². The molecule has 5 aliphatic rings. The summed E-state index contributed by atoms with van der Waals surface area (Å²) in [6, 6.07) is 46.1. The van der Waals surface area contributed by atoms with Crippen LogP contribution in [-0.2, 0) is 48.6 Å². The number of ether oxygens (including phenoxy) is 2. The predicted molar refractivity (Wildman–Crippen MR) is 425 cm³/mol. The van der Waals surface area contributed by atoms with E-state index < -0.39 is 83.5 Å². The number of carbonyl (C=O) groups excluding carboxylic acids is 3. The topological polar surface area (TPSA) is 330 Å². The standard InChI is InChI=1S/C23H28N2O2S.C14H22N2O4S.C11H16N2O2.C9H14N2O2S.C7H6O.C7H10.C3H7ClO2S.CH2Cl2/c1-14(2)28(26,27)25-18-10-11-20-19(13-18)21-16-8-9-17(12-16)22(21)23(24-20)15-6-4-3-5-7-15;1-10(2)21(18,19)16-12-8-6-11(7-9-12)15-13(17)20-14(3,4)5;1-11(2,3)15-10(14)13-9-6-4-8(12)5-7-9;1-7(2)14(12,13)11-9-5-3-8(10)4-6-9;8-6-7-4-2-1-3-5-7;1-2-7-4-3-6(1)5-7;1-3(2)7(4,5)6;2-1-3/h3-7,10-11,13-14,16-17,21-25H,8-9,12H2,1-2H3;6-10,16H,1-5H3,(H,15,17);4-7H,12H2,1-3H3,(H,13,14);3-7,11H,10H2,1-2H3;1-6H;1-2,6-7H,3-5H2;3H,1-2H3;1H2. The van der Waals surface area contributed by atoms with Crippen LogP contribution < -0.4 is 41.6 Å². The summed E-state index contributed by atoms with van der Waals surface area (Å²) in [5, 5.41) is 7.31. The predicted octanol–water partition coefficient (Wildman–Crippen LogP) is 18.2. The fourth-order valence-corrected chi connectivity index (χ4v) is 13.3. The third-order valence-corrected chi connectivity index (χ3v) is 24.0. The monoisotopic (exact) mass is 1560 g/mol. The summed E-state index contributed by atoms with van der Waals surface area (Å²) < 4.78 is 109. The molecule has 11 rings (SSSR count). The van der Waals surface area contributed by atoms with Gasteiger partial charge in [0.05, 0.1) is 32.4 Å². The quantitative estimate of drug-likeness (QED) is 0.0165. The second kappa shape index (κ2) is 40.3. The van der Waals surface area contributed by atoms with Gasteiger partial charge in [0.2, 0.25) is 39.1 Å². The lowest BCUT2D eigenvalue weighted by atomic mass is 9.68. The van der Waals surface area contributed by atoms with Crippen LogP contribution in [0, 0.1) is 29.6 Å². The van der Waals surface area contributed by atoms with Gasteiger partial charge in [0.1, 0.15) is 17.5 Å². The molecule has 4 bridgehead atoms. The van der Waals surface area contributed by atoms with Gasteiger partial charge in [-0.1, -0.05) is 72.8 Å². The third-order valence-electron chi connectivity index (χ3n) is 16.6. The molecule has 103 heavy (non-hydrogen) atoms. The fraction of sp³-hybridized carbons (Fsp3) is 0.453. The van der Waals surface area contributed by atoms with Crippen molar-refractivity contribution in [2.24, 2.45) is 29.6 Å². The van der Waals surface area contributed by atoms with Crippen LogP contribution in [0.25, 0.3) is 0 Å². The van der Waals surface area contributed by atoms with E-state index in [9.17, 15) is 48.1 Å². The van der Waals surface area contributed by atoms with E-state index in [4.69, 9.17) is 54.8 Å². The van der Waals surface area contributed by atoms with Gasteiger partial charge >= 0.3 is 12.2 Å². The molecule has 2 amide bonds. The van der Waals surface area contributed by atoms with Crippen molar-refractivity contribution < 1.29 is 57.5 Å². The first-order valence-corrected chi connectivity index (χ1v) is 42.1. The highest BCUT2D eigenvalue weighted by Gasteiger charge is 2.54. The van der Waals surface area contributed by atoms with Crippen molar-refractivity contribution in [3.8, 4) is 0 Å². The van der Waals surface area contributed by atoms with Crippen molar-refractivity contribution in [2.45, 2.75) is 180 Å². The largest absolute Gasteiger partial charge is 0.444 e. The van der Waals surface area contributed by atoms with Gasteiger partial charge in [0.15, 0.2) is 0 Å². The molecule has 28 heteroatoms. The number of anilines is 8. The Labute approximate surface area is 626 Å². The van der Waals surface area contributed by atoms with Crippen LogP contribution in [0.3, 0.4) is 0 Å². The zero-order chi connectivity index (χ0) is 77.3. The zero-order valence-electron chi connectivity index (χ0n) is 61.2. The zero-order valence-corrected chi connectivity index (χ0v) is 66.7. The number of sulfonamides is 3. The number of hydrogen-bond donors (Lipinski definition) is 8. The Hall–Kier alpha value is -7.26. The van der Waals surface area contributed by atoms with Crippen molar-refractivity contribution >= 4 is 137 Å². The molecule has 0 saturated heterocycles. The highest BCUT2D eigenvalue weighted by Crippen LogP contribution is 2.64. The number of fused-ring (bicyclic) bond motifs is 9. The Morgan fingerprint density at radius 2 is 0.874 bits per heavy atom. The number of carbonyl (C=O) groups is 3. The summed E-state index contributed by atoms with van der Waals surface area (Å²) in [6.45, 7) is 23.7. The number of amides is 2. The normalized spacial score (nSPS) is 18.7. The molecule has 6 aromatic carbocycles. The van der Waals surface area contributed by atoms with E-state index in [0.29, 0.717) is 57.7 Å². The van der Waals surface area contributed by atoms with E-state index >= 15 is 0 Å². The average Bonchev–Trinajstić information content (AvgIpc) is 1.60. The molecule has 10 N–H and O–H groups in total. The highest BCUT2D eigenvalue weighted by atomic mass is 35.7. The minimum atomic E-state index is -3.37. The Morgan fingerprint density at radius 1 is 0.515 bits per heavy atom. The van der Waals surface area contributed by atoms with E-state index in [1.807, 2.05) is 45.0 Å². The molecule has 0 radical (unpaired) electrons. The van der Waals surface area contributed by atoms with Gasteiger partial charge in [-0.15, -0.1) is 23.2 Å². The summed E-state index contributed by atoms with van der Waals surface area (Å²) in [5.74, 6) is 4.57. The molecule has 1 aliphatic heterocycles. The first-order valence-electron chi connectivity index (χ1n) is 34.0. The first-order chi connectivity index (χ1) is 48.0. The van der Waals surface area contributed by atoms with Gasteiger partial charge in [-0.3, -0.25) is 29.6 Å². The SMILES string of the molecule is C1=CC2CCC1C2.CC(C)(C)OC(=O)Nc1ccc(N)cc1.CC(C)S(=O)(=O)Cl.CC(C)S(=O)(=O)Nc1ccc(N)cc1.CC(C)S(=O)(=O)Nc1ccc(NC(=O)OC(C)(C)C)cc1.CC(C)S(=O)(=O)Nc1ccc2c(c1)C1C3CCC(C3)C1C(c1ccccc1)N2.ClCCl.O=Cc1ccccc1. The Morgan fingerprint density at radius 3 is 1.22 bits per heavy atom. The maximum Gasteiger partial charge on any atom is 0.412 e. The van der Waals surface area contributed by atoms with E-state index in [1.165, 1.54) is 63.5 Å². The summed E-state index contributed by atoms with van der Waals surface area (Å²) in [6.07, 6.45) is 12.9. The Balaban J connectivity index is 0.000000267. The highest BCUT2D eigenvalue weighted by molar-refractivity contribution is 8.14. The van der Waals surface area contributed by atoms with Crippen LogP contribution in [-0.4, -0.2) is 89.7 Å². The molecule has 3 fully saturated rings. The maximum atomic E-state index is 12.3. The van der Waals surface area contributed by atoms with E-state index in [0.717, 1.165) is 41.2 Å². The van der Waals surface area contributed by atoms with Gasteiger partial charge in [-0.05, 0) is 273 Å². The molecule has 7 atom stereocenters. The van der Waals surface area contributed by atoms with Gasteiger partial charge in [0, 0.05) is 61.7 Å². The van der Waals surface area contributed by atoms with Gasteiger partial charge in [0.25, 0.3) is 0 Å². The number of nitrogen functional groups attached to an aromatic ring is 2. The Bertz CT molecular complexity index is 4120. The molecule has 0 aromatic heterocycles. The minimum absolute atomic E-state index is 0.194. The number of aldehydes is 1. The summed E-state index contributed by atoms with van der Waals surface area (Å²) >= 11 is 9.53. The first kappa shape index (κ1) is 88.1. The third kappa shape index (κ3) is 31.1. The summed E-state index contributed by atoms with van der Waals surface area (Å²) in [4.78, 5) is 32.9. The second-order valence-corrected chi connectivity index (χ2v) is 39.0. The van der Waals surface area contributed by atoms with Crippen LogP contribution in [0.2, 0.25) is 0 Å². The number of benzene rings is 6. The van der Waals surface area contributed by atoms with Gasteiger partial charge in [-0.25, -0.2) is 43.3 Å². The number of halogens is 3. The maximum absolute atomic E-state index is 12.3. The molecule has 1 heterocycles. The minimum Gasteiger partial charge on any atom is -0.444 e. The molecule has 4 aliphatic carbocycles. The number of rotatable bonds is 14. The van der Waals surface area contributed by atoms with Crippen molar-refractivity contribution in [1.29, 1.82) is 0 Å². The lowest BCUT2D eigenvalue weighted by Gasteiger charge is -2.43. The van der Waals surface area contributed by atoms with E-state index in [-0.39, 0.29) is 5.34 Å². The Kier molecular flexibility index (Phi) is 34.5. The lowest BCUT2D eigenvalue weighted by Crippen LogP contribution is -2.35. The van der Waals surface area contributed by atoms with Gasteiger partial charge < -0.3 is 26.3 Å².